The largest absolute Gasteiger partial charge is 0.497 e. The molecule has 2 N–H and O–H groups in total. The second kappa shape index (κ2) is 5.20. The van der Waals surface area contributed by atoms with E-state index in [-0.39, 0.29) is 11.4 Å². The van der Waals surface area contributed by atoms with E-state index in [1.807, 2.05) is 0 Å². The van der Waals surface area contributed by atoms with Crippen LogP contribution in [-0.4, -0.2) is 27.3 Å². The van der Waals surface area contributed by atoms with Gasteiger partial charge in [0.2, 0.25) is 0 Å². The maximum atomic E-state index is 14.0. The van der Waals surface area contributed by atoms with Crippen molar-refractivity contribution >= 4 is 5.69 Å². The molecule has 1 heterocycles. The normalized spacial score (nSPS) is 10.6. The van der Waals surface area contributed by atoms with E-state index < -0.39 is 5.82 Å². The molecule has 106 valence electrons. The van der Waals surface area contributed by atoms with Crippen LogP contribution < -0.4 is 10.5 Å². The van der Waals surface area contributed by atoms with Crippen molar-refractivity contribution < 1.29 is 9.13 Å². The van der Waals surface area contributed by atoms with Crippen LogP contribution in [0.2, 0.25) is 0 Å². The molecule has 0 fully saturated rings. The molecule has 0 spiro atoms. The number of nitrogens with zero attached hydrogens (tertiary/aromatic N) is 4. The highest BCUT2D eigenvalue weighted by atomic mass is 19.1. The number of nitrogen functional groups attached to an aromatic ring is 1. The molecular formula is C14H12FN5O. The van der Waals surface area contributed by atoms with Crippen LogP contribution in [0.3, 0.4) is 0 Å². The third kappa shape index (κ3) is 2.40. The van der Waals surface area contributed by atoms with E-state index in [0.717, 1.165) is 0 Å². The Bertz CT molecular complexity index is 787. The first-order valence-corrected chi connectivity index (χ1v) is 6.17. The fraction of sp³-hybridized carbons (Fsp3) is 0.0714. The molecule has 0 aliphatic heterocycles. The Balaban J connectivity index is 2.14. The van der Waals surface area contributed by atoms with Crippen LogP contribution in [0.5, 0.6) is 5.75 Å². The van der Waals surface area contributed by atoms with E-state index in [1.165, 1.54) is 22.9 Å². The number of halogens is 1. The van der Waals surface area contributed by atoms with E-state index in [4.69, 9.17) is 10.5 Å². The van der Waals surface area contributed by atoms with Gasteiger partial charge < -0.3 is 10.5 Å². The highest BCUT2D eigenvalue weighted by molar-refractivity contribution is 5.63. The molecule has 0 aliphatic carbocycles. The zero-order chi connectivity index (χ0) is 14.8. The predicted molar refractivity (Wildman–Crippen MR) is 75.5 cm³/mol. The predicted octanol–water partition coefficient (Wildman–Crippen LogP) is 2.06. The van der Waals surface area contributed by atoms with Crippen LogP contribution in [0.25, 0.3) is 17.1 Å². The second-order valence-electron chi connectivity index (χ2n) is 4.36. The van der Waals surface area contributed by atoms with Gasteiger partial charge >= 0.3 is 0 Å². The molecule has 7 heteroatoms. The lowest BCUT2D eigenvalue weighted by Gasteiger charge is -2.07. The van der Waals surface area contributed by atoms with E-state index in [1.54, 1.807) is 31.4 Å². The van der Waals surface area contributed by atoms with Crippen molar-refractivity contribution in [2.24, 2.45) is 0 Å². The minimum absolute atomic E-state index is 0.239. The molecule has 0 saturated carbocycles. The van der Waals surface area contributed by atoms with Crippen LogP contribution >= 0.6 is 0 Å². The number of benzene rings is 2. The summed E-state index contributed by atoms with van der Waals surface area (Å²) < 4.78 is 20.6. The van der Waals surface area contributed by atoms with Crippen molar-refractivity contribution in [1.29, 1.82) is 0 Å². The number of ether oxygens (including phenoxy) is 1. The number of nitrogens with two attached hydrogens (primary N) is 1. The van der Waals surface area contributed by atoms with Crippen LogP contribution in [0.1, 0.15) is 0 Å². The first-order chi connectivity index (χ1) is 10.2. The number of tetrazole rings is 1. The SMILES string of the molecule is COc1cccc(-n2nnnc2-c2cc(N)ccc2F)c1. The first-order valence-electron chi connectivity index (χ1n) is 6.17. The van der Waals surface area contributed by atoms with Gasteiger partial charge in [-0.3, -0.25) is 0 Å². The topological polar surface area (TPSA) is 78.8 Å². The smallest absolute Gasteiger partial charge is 0.190 e. The average Bonchev–Trinajstić information content (AvgIpc) is 2.99. The van der Waals surface area contributed by atoms with Crippen molar-refractivity contribution in [3.8, 4) is 22.8 Å². The highest BCUT2D eigenvalue weighted by Crippen LogP contribution is 2.25. The minimum atomic E-state index is -0.442. The fourth-order valence-corrected chi connectivity index (χ4v) is 1.99. The number of anilines is 1. The molecule has 0 radical (unpaired) electrons. The van der Waals surface area contributed by atoms with Crippen LogP contribution in [0.15, 0.2) is 42.5 Å². The monoisotopic (exact) mass is 285 g/mol. The Labute approximate surface area is 120 Å². The maximum Gasteiger partial charge on any atom is 0.190 e. The molecule has 3 rings (SSSR count). The van der Waals surface area contributed by atoms with Gasteiger partial charge in [0, 0.05) is 11.8 Å². The Morgan fingerprint density at radius 3 is 2.86 bits per heavy atom. The highest BCUT2D eigenvalue weighted by Gasteiger charge is 2.15. The van der Waals surface area contributed by atoms with Crippen molar-refractivity contribution in [3.63, 3.8) is 0 Å². The second-order valence-corrected chi connectivity index (χ2v) is 4.36. The zero-order valence-electron chi connectivity index (χ0n) is 11.2. The summed E-state index contributed by atoms with van der Waals surface area (Å²) in [6, 6.07) is 11.4. The third-order valence-corrected chi connectivity index (χ3v) is 3.00. The molecular weight excluding hydrogens is 273 g/mol. The van der Waals surface area contributed by atoms with E-state index in [2.05, 4.69) is 15.5 Å². The number of aromatic nitrogens is 4. The first kappa shape index (κ1) is 13.0. The molecule has 0 aliphatic rings. The number of rotatable bonds is 3. The van der Waals surface area contributed by atoms with Crippen molar-refractivity contribution in [3.05, 3.63) is 48.3 Å². The molecule has 0 bridgehead atoms. The Morgan fingerprint density at radius 2 is 2.05 bits per heavy atom. The van der Waals surface area contributed by atoms with E-state index >= 15 is 0 Å². The van der Waals surface area contributed by atoms with E-state index in [0.29, 0.717) is 17.1 Å². The third-order valence-electron chi connectivity index (χ3n) is 3.00. The van der Waals surface area contributed by atoms with Crippen LogP contribution in [0.4, 0.5) is 10.1 Å². The summed E-state index contributed by atoms with van der Waals surface area (Å²) in [6.07, 6.45) is 0. The van der Waals surface area contributed by atoms with Gasteiger partial charge in [-0.25, -0.2) is 4.39 Å². The average molecular weight is 285 g/mol. The number of hydrogen-bond donors (Lipinski definition) is 1. The van der Waals surface area contributed by atoms with Crippen molar-refractivity contribution in [2.45, 2.75) is 0 Å². The lowest BCUT2D eigenvalue weighted by molar-refractivity contribution is 0.414. The van der Waals surface area contributed by atoms with E-state index in [9.17, 15) is 4.39 Å². The van der Waals surface area contributed by atoms with Crippen molar-refractivity contribution in [1.82, 2.24) is 20.2 Å². The molecule has 0 unspecified atom stereocenters. The summed E-state index contributed by atoms with van der Waals surface area (Å²) in [5.41, 5.74) is 7.04. The quantitative estimate of drug-likeness (QED) is 0.745. The summed E-state index contributed by atoms with van der Waals surface area (Å²) >= 11 is 0. The molecule has 0 saturated heterocycles. The number of hydrogen-bond acceptors (Lipinski definition) is 5. The summed E-state index contributed by atoms with van der Waals surface area (Å²) in [4.78, 5) is 0. The lowest BCUT2D eigenvalue weighted by Crippen LogP contribution is -2.02. The van der Waals surface area contributed by atoms with Gasteiger partial charge in [-0.05, 0) is 40.8 Å². The van der Waals surface area contributed by atoms with Gasteiger partial charge in [0.25, 0.3) is 0 Å². The molecule has 6 nitrogen and oxygen atoms in total. The summed E-state index contributed by atoms with van der Waals surface area (Å²) in [5, 5.41) is 11.4. The molecule has 2 aromatic carbocycles. The fourth-order valence-electron chi connectivity index (χ4n) is 1.99. The van der Waals surface area contributed by atoms with Gasteiger partial charge in [-0.1, -0.05) is 6.07 Å². The van der Waals surface area contributed by atoms with Gasteiger partial charge in [-0.2, -0.15) is 4.68 Å². The van der Waals surface area contributed by atoms with Gasteiger partial charge in [0.05, 0.1) is 18.4 Å². The Kier molecular flexibility index (Phi) is 3.23. The standard InChI is InChI=1S/C14H12FN5O/c1-21-11-4-2-3-10(8-11)20-14(17-18-19-20)12-7-9(16)5-6-13(12)15/h2-8H,16H2,1H3. The molecule has 0 amide bonds. The molecule has 21 heavy (non-hydrogen) atoms. The Morgan fingerprint density at radius 1 is 1.19 bits per heavy atom. The Hall–Kier alpha value is -2.96. The van der Waals surface area contributed by atoms with Gasteiger partial charge in [0.1, 0.15) is 11.6 Å². The lowest BCUT2D eigenvalue weighted by atomic mass is 10.1. The number of methoxy groups -OCH3 is 1. The molecule has 3 aromatic rings. The summed E-state index contributed by atoms with van der Waals surface area (Å²) in [6.45, 7) is 0. The van der Waals surface area contributed by atoms with Crippen molar-refractivity contribution in [2.75, 3.05) is 12.8 Å². The van der Waals surface area contributed by atoms with Crippen LogP contribution in [0, 0.1) is 5.82 Å². The maximum absolute atomic E-state index is 14.0. The van der Waals surface area contributed by atoms with Gasteiger partial charge in [0.15, 0.2) is 5.82 Å². The summed E-state index contributed by atoms with van der Waals surface area (Å²) in [5.74, 6) is 0.484. The summed E-state index contributed by atoms with van der Waals surface area (Å²) in [7, 11) is 1.57. The zero-order valence-corrected chi connectivity index (χ0v) is 11.2. The van der Waals surface area contributed by atoms with Crippen LogP contribution in [-0.2, 0) is 0 Å². The molecule has 0 atom stereocenters. The van der Waals surface area contributed by atoms with Gasteiger partial charge in [-0.15, -0.1) is 5.10 Å². The minimum Gasteiger partial charge on any atom is -0.497 e. The molecule has 1 aromatic heterocycles.